The van der Waals surface area contributed by atoms with E-state index in [0.29, 0.717) is 6.54 Å². The summed E-state index contributed by atoms with van der Waals surface area (Å²) in [6, 6.07) is 0. The topological polar surface area (TPSA) is 49.8 Å². The Balaban J connectivity index is 2.31. The maximum Gasteiger partial charge on any atom is 0.310 e. The number of hydrogen-bond acceptors (Lipinski definition) is 3. The molecule has 1 atom stereocenters. The van der Waals surface area contributed by atoms with Crippen LogP contribution in [0.1, 0.15) is 32.6 Å². The minimum Gasteiger partial charge on any atom is -0.481 e. The molecule has 1 N–H and O–H groups in total. The molecule has 1 aliphatic heterocycles. The van der Waals surface area contributed by atoms with E-state index in [0.717, 1.165) is 45.4 Å². The largest absolute Gasteiger partial charge is 0.481 e. The Kier molecular flexibility index (Phi) is 5.22. The lowest BCUT2D eigenvalue weighted by Gasteiger charge is -2.23. The summed E-state index contributed by atoms with van der Waals surface area (Å²) in [4.78, 5) is 13.5. The summed E-state index contributed by atoms with van der Waals surface area (Å²) in [5.74, 6) is -0.630. The van der Waals surface area contributed by atoms with Crippen LogP contribution in [0.5, 0.6) is 0 Å². The molecule has 0 aromatic rings. The fourth-order valence-electron chi connectivity index (χ4n) is 2.35. The number of likely N-dealkylation sites (tertiary alicyclic amines) is 1. The summed E-state index contributed by atoms with van der Waals surface area (Å²) >= 11 is 0. The molecule has 1 saturated heterocycles. The van der Waals surface area contributed by atoms with E-state index in [1.807, 2.05) is 6.92 Å². The van der Waals surface area contributed by atoms with Gasteiger partial charge in [0, 0.05) is 20.3 Å². The number of carboxylic acids is 1. The SMILES string of the molecule is CCC1(C(=O)O)CCN(CCCCOC)C1. The fourth-order valence-corrected chi connectivity index (χ4v) is 2.35. The Bertz CT molecular complexity index is 232. The van der Waals surface area contributed by atoms with Gasteiger partial charge in [-0.15, -0.1) is 0 Å². The molecule has 1 fully saturated rings. The maximum atomic E-state index is 11.2. The average Bonchev–Trinajstić information content (AvgIpc) is 2.69. The van der Waals surface area contributed by atoms with Crippen LogP contribution >= 0.6 is 0 Å². The van der Waals surface area contributed by atoms with E-state index >= 15 is 0 Å². The van der Waals surface area contributed by atoms with Crippen LogP contribution in [0, 0.1) is 5.41 Å². The highest BCUT2D eigenvalue weighted by atomic mass is 16.5. The number of rotatable bonds is 7. The first kappa shape index (κ1) is 13.5. The molecule has 0 bridgehead atoms. The van der Waals surface area contributed by atoms with Gasteiger partial charge in [0.25, 0.3) is 0 Å². The molecule has 0 spiro atoms. The van der Waals surface area contributed by atoms with Crippen molar-refractivity contribution in [2.75, 3.05) is 33.4 Å². The van der Waals surface area contributed by atoms with Gasteiger partial charge in [0.05, 0.1) is 5.41 Å². The van der Waals surface area contributed by atoms with Gasteiger partial charge >= 0.3 is 5.97 Å². The van der Waals surface area contributed by atoms with Crippen molar-refractivity contribution in [2.24, 2.45) is 5.41 Å². The van der Waals surface area contributed by atoms with E-state index in [-0.39, 0.29) is 0 Å². The van der Waals surface area contributed by atoms with Gasteiger partial charge in [-0.3, -0.25) is 4.79 Å². The highest BCUT2D eigenvalue weighted by Crippen LogP contribution is 2.34. The molecular weight excluding hydrogens is 206 g/mol. The van der Waals surface area contributed by atoms with Crippen LogP contribution in [0.2, 0.25) is 0 Å². The molecule has 1 heterocycles. The first-order valence-corrected chi connectivity index (χ1v) is 6.09. The van der Waals surface area contributed by atoms with Gasteiger partial charge in [-0.05, 0) is 38.8 Å². The Hall–Kier alpha value is -0.610. The van der Waals surface area contributed by atoms with E-state index in [1.54, 1.807) is 7.11 Å². The first-order chi connectivity index (χ1) is 7.64. The summed E-state index contributed by atoms with van der Waals surface area (Å²) in [5.41, 5.74) is -0.485. The molecule has 0 radical (unpaired) electrons. The van der Waals surface area contributed by atoms with Crippen LogP contribution in [-0.2, 0) is 9.53 Å². The molecule has 0 amide bonds. The van der Waals surface area contributed by atoms with E-state index < -0.39 is 11.4 Å². The van der Waals surface area contributed by atoms with Gasteiger partial charge in [-0.2, -0.15) is 0 Å². The Morgan fingerprint density at radius 2 is 2.25 bits per heavy atom. The van der Waals surface area contributed by atoms with Gasteiger partial charge < -0.3 is 14.7 Å². The molecule has 1 aliphatic rings. The zero-order chi connectivity index (χ0) is 12.0. The van der Waals surface area contributed by atoms with Gasteiger partial charge in [-0.1, -0.05) is 6.92 Å². The molecule has 4 heteroatoms. The number of hydrogen-bond donors (Lipinski definition) is 1. The van der Waals surface area contributed by atoms with Crippen LogP contribution < -0.4 is 0 Å². The first-order valence-electron chi connectivity index (χ1n) is 6.09. The third-order valence-electron chi connectivity index (χ3n) is 3.64. The predicted molar refractivity (Wildman–Crippen MR) is 62.5 cm³/mol. The van der Waals surface area contributed by atoms with Crippen molar-refractivity contribution < 1.29 is 14.6 Å². The van der Waals surface area contributed by atoms with Gasteiger partial charge in [-0.25, -0.2) is 0 Å². The quantitative estimate of drug-likeness (QED) is 0.674. The van der Waals surface area contributed by atoms with Crippen LogP contribution in [0.4, 0.5) is 0 Å². The summed E-state index contributed by atoms with van der Waals surface area (Å²) in [7, 11) is 1.71. The normalized spacial score (nSPS) is 26.1. The van der Waals surface area contributed by atoms with E-state index in [4.69, 9.17) is 4.74 Å². The highest BCUT2D eigenvalue weighted by Gasteiger charge is 2.42. The van der Waals surface area contributed by atoms with Crippen LogP contribution in [0.15, 0.2) is 0 Å². The lowest BCUT2D eigenvalue weighted by atomic mass is 9.84. The van der Waals surface area contributed by atoms with E-state index in [1.165, 1.54) is 0 Å². The van der Waals surface area contributed by atoms with Gasteiger partial charge in [0.2, 0.25) is 0 Å². The monoisotopic (exact) mass is 229 g/mol. The minimum absolute atomic E-state index is 0.485. The predicted octanol–water partition coefficient (Wildman–Crippen LogP) is 1.60. The van der Waals surface area contributed by atoms with Gasteiger partial charge in [0.1, 0.15) is 0 Å². The molecular formula is C12H23NO3. The number of carbonyl (C=O) groups is 1. The molecule has 0 aromatic heterocycles. The molecule has 4 nitrogen and oxygen atoms in total. The molecule has 0 aliphatic carbocycles. The summed E-state index contributed by atoms with van der Waals surface area (Å²) < 4.78 is 4.99. The third-order valence-corrected chi connectivity index (χ3v) is 3.64. The maximum absolute atomic E-state index is 11.2. The number of aliphatic carboxylic acids is 1. The highest BCUT2D eigenvalue weighted by molar-refractivity contribution is 5.75. The second-order valence-electron chi connectivity index (χ2n) is 4.67. The summed E-state index contributed by atoms with van der Waals surface area (Å²) in [6.07, 6.45) is 3.67. The standard InChI is InChI=1S/C12H23NO3/c1-3-12(11(14)15)6-8-13(10-12)7-4-5-9-16-2/h3-10H2,1-2H3,(H,14,15). The Morgan fingerprint density at radius 3 is 2.75 bits per heavy atom. The summed E-state index contributed by atoms with van der Waals surface area (Å²) in [5, 5.41) is 9.24. The smallest absolute Gasteiger partial charge is 0.310 e. The number of unbranched alkanes of at least 4 members (excludes halogenated alkanes) is 1. The molecule has 94 valence electrons. The van der Waals surface area contributed by atoms with E-state index in [9.17, 15) is 9.90 Å². The van der Waals surface area contributed by atoms with E-state index in [2.05, 4.69) is 4.90 Å². The molecule has 1 rings (SSSR count). The van der Waals surface area contributed by atoms with Crippen LogP contribution in [0.3, 0.4) is 0 Å². The van der Waals surface area contributed by atoms with Crippen molar-refractivity contribution in [3.05, 3.63) is 0 Å². The van der Waals surface area contributed by atoms with Crippen molar-refractivity contribution in [1.29, 1.82) is 0 Å². The number of ether oxygens (including phenoxy) is 1. The zero-order valence-electron chi connectivity index (χ0n) is 10.4. The van der Waals surface area contributed by atoms with Crippen LogP contribution in [0.25, 0.3) is 0 Å². The van der Waals surface area contributed by atoms with Crippen molar-refractivity contribution in [3.8, 4) is 0 Å². The van der Waals surface area contributed by atoms with Crippen molar-refractivity contribution in [3.63, 3.8) is 0 Å². The lowest BCUT2D eigenvalue weighted by Crippen LogP contribution is -2.34. The van der Waals surface area contributed by atoms with Crippen molar-refractivity contribution >= 4 is 5.97 Å². The minimum atomic E-state index is -0.630. The fraction of sp³-hybridized carbons (Fsp3) is 0.917. The number of carboxylic acid groups (broad SMARTS) is 1. The molecule has 0 saturated carbocycles. The molecule has 0 aromatic carbocycles. The van der Waals surface area contributed by atoms with Crippen molar-refractivity contribution in [2.45, 2.75) is 32.6 Å². The second-order valence-corrected chi connectivity index (χ2v) is 4.67. The van der Waals surface area contributed by atoms with Gasteiger partial charge in [0.15, 0.2) is 0 Å². The number of nitrogens with zero attached hydrogens (tertiary/aromatic N) is 1. The Labute approximate surface area is 97.6 Å². The van der Waals surface area contributed by atoms with Crippen molar-refractivity contribution in [1.82, 2.24) is 4.90 Å². The average molecular weight is 229 g/mol. The lowest BCUT2D eigenvalue weighted by molar-refractivity contribution is -0.148. The number of methoxy groups -OCH3 is 1. The molecule has 16 heavy (non-hydrogen) atoms. The summed E-state index contributed by atoms with van der Waals surface area (Å²) in [6.45, 7) is 5.41. The van der Waals surface area contributed by atoms with Crippen LogP contribution in [-0.4, -0.2) is 49.3 Å². The third kappa shape index (κ3) is 3.19. The molecule has 1 unspecified atom stereocenters. The second kappa shape index (κ2) is 6.21. The Morgan fingerprint density at radius 1 is 1.50 bits per heavy atom. The zero-order valence-corrected chi connectivity index (χ0v) is 10.4.